The van der Waals surface area contributed by atoms with E-state index in [4.69, 9.17) is 27.9 Å². The van der Waals surface area contributed by atoms with E-state index in [1.54, 1.807) is 18.2 Å². The van der Waals surface area contributed by atoms with E-state index in [1.165, 1.54) is 6.42 Å². The number of hydrogen-bond donors (Lipinski definition) is 2. The Balaban J connectivity index is 0.00000220. The first kappa shape index (κ1) is 18.4. The van der Waals surface area contributed by atoms with E-state index in [0.717, 1.165) is 19.5 Å². The van der Waals surface area contributed by atoms with Crippen molar-refractivity contribution < 1.29 is 9.53 Å². The number of hydrogen-bond acceptors (Lipinski definition) is 3. The van der Waals surface area contributed by atoms with E-state index < -0.39 is 0 Å². The third-order valence-electron chi connectivity index (χ3n) is 3.30. The van der Waals surface area contributed by atoms with Crippen LogP contribution in [0.15, 0.2) is 18.2 Å². The number of halogens is 3. The predicted molar refractivity (Wildman–Crippen MR) is 87.8 cm³/mol. The zero-order chi connectivity index (χ0) is 14.4. The highest BCUT2D eigenvalue weighted by Gasteiger charge is 2.14. The van der Waals surface area contributed by atoms with Crippen LogP contribution in [0.4, 0.5) is 0 Å². The highest BCUT2D eigenvalue weighted by atomic mass is 35.5. The first-order chi connectivity index (χ1) is 9.65. The zero-order valence-corrected chi connectivity index (χ0v) is 13.9. The molecule has 1 heterocycles. The third-order valence-corrected chi connectivity index (χ3v) is 4.04. The monoisotopic (exact) mass is 352 g/mol. The highest BCUT2D eigenvalue weighted by molar-refractivity contribution is 6.42. The molecule has 1 saturated heterocycles. The minimum atomic E-state index is -0.123. The normalized spacial score (nSPS) is 17.1. The fraction of sp³-hybridized carbons (Fsp3) is 0.500. The molecule has 0 radical (unpaired) electrons. The average Bonchev–Trinajstić information content (AvgIpc) is 2.93. The summed E-state index contributed by atoms with van der Waals surface area (Å²) in [4.78, 5) is 11.6. The topological polar surface area (TPSA) is 50.4 Å². The zero-order valence-electron chi connectivity index (χ0n) is 11.5. The van der Waals surface area contributed by atoms with Crippen LogP contribution in [-0.4, -0.2) is 32.1 Å². The molecule has 118 valence electrons. The van der Waals surface area contributed by atoms with Gasteiger partial charge < -0.3 is 15.4 Å². The van der Waals surface area contributed by atoms with Gasteiger partial charge in [0, 0.05) is 12.6 Å². The number of benzene rings is 1. The van der Waals surface area contributed by atoms with Crippen molar-refractivity contribution in [3.05, 3.63) is 28.2 Å². The smallest absolute Gasteiger partial charge is 0.257 e. The van der Waals surface area contributed by atoms with Crippen molar-refractivity contribution in [3.8, 4) is 5.75 Å². The molecule has 0 aromatic heterocycles. The van der Waals surface area contributed by atoms with Crippen molar-refractivity contribution >= 4 is 41.5 Å². The lowest BCUT2D eigenvalue weighted by molar-refractivity contribution is -0.123. The van der Waals surface area contributed by atoms with Gasteiger partial charge in [-0.1, -0.05) is 23.2 Å². The van der Waals surface area contributed by atoms with E-state index in [9.17, 15) is 4.79 Å². The molecule has 7 heteroatoms. The van der Waals surface area contributed by atoms with Crippen molar-refractivity contribution in [2.45, 2.75) is 12.8 Å². The van der Waals surface area contributed by atoms with Crippen molar-refractivity contribution in [2.75, 3.05) is 26.2 Å². The molecule has 0 aliphatic carbocycles. The van der Waals surface area contributed by atoms with Crippen LogP contribution in [-0.2, 0) is 4.79 Å². The molecule has 0 spiro atoms. The maximum Gasteiger partial charge on any atom is 0.257 e. The molecule has 2 rings (SSSR count). The van der Waals surface area contributed by atoms with Gasteiger partial charge in [0.2, 0.25) is 0 Å². The summed E-state index contributed by atoms with van der Waals surface area (Å²) < 4.78 is 5.36. The Hall–Kier alpha value is -0.680. The van der Waals surface area contributed by atoms with Crippen LogP contribution >= 0.6 is 35.6 Å². The fourth-order valence-electron chi connectivity index (χ4n) is 2.14. The van der Waals surface area contributed by atoms with Crippen LogP contribution < -0.4 is 15.4 Å². The lowest BCUT2D eigenvalue weighted by atomic mass is 10.1. The molecule has 1 atom stereocenters. The largest absolute Gasteiger partial charge is 0.484 e. The Morgan fingerprint density at radius 1 is 1.38 bits per heavy atom. The summed E-state index contributed by atoms with van der Waals surface area (Å²) in [7, 11) is 0. The number of nitrogens with one attached hydrogen (secondary N) is 2. The fourth-order valence-corrected chi connectivity index (χ4v) is 2.43. The molecule has 1 aromatic rings. The van der Waals surface area contributed by atoms with Crippen LogP contribution in [0.2, 0.25) is 10.0 Å². The van der Waals surface area contributed by atoms with Gasteiger partial charge in [-0.3, -0.25) is 4.79 Å². The lowest BCUT2D eigenvalue weighted by Gasteiger charge is -2.10. The standard InChI is InChI=1S/C14H18Cl2N2O2.ClH/c15-12-2-1-11(7-13(12)16)20-9-14(19)18-6-4-10-3-5-17-8-10;/h1-2,7,10,17H,3-6,8-9H2,(H,18,19);1H. The summed E-state index contributed by atoms with van der Waals surface area (Å²) in [5.41, 5.74) is 0. The van der Waals surface area contributed by atoms with Gasteiger partial charge in [0.1, 0.15) is 5.75 Å². The number of ether oxygens (including phenoxy) is 1. The summed E-state index contributed by atoms with van der Waals surface area (Å²) in [6, 6.07) is 4.93. The molecule has 1 fully saturated rings. The molecule has 1 aromatic carbocycles. The van der Waals surface area contributed by atoms with Crippen LogP contribution in [0, 0.1) is 5.92 Å². The molecular formula is C14H19Cl3N2O2. The van der Waals surface area contributed by atoms with Gasteiger partial charge in [0.05, 0.1) is 10.0 Å². The van der Waals surface area contributed by atoms with Gasteiger partial charge in [-0.05, 0) is 44.0 Å². The maximum absolute atomic E-state index is 11.6. The quantitative estimate of drug-likeness (QED) is 0.827. The second kappa shape index (κ2) is 9.36. The van der Waals surface area contributed by atoms with E-state index in [-0.39, 0.29) is 24.9 Å². The van der Waals surface area contributed by atoms with Gasteiger partial charge in [0.15, 0.2) is 6.61 Å². The Bertz CT molecular complexity index is 466. The molecule has 21 heavy (non-hydrogen) atoms. The van der Waals surface area contributed by atoms with Crippen LogP contribution in [0.25, 0.3) is 0 Å². The summed E-state index contributed by atoms with van der Waals surface area (Å²) in [6.07, 6.45) is 2.20. The predicted octanol–water partition coefficient (Wildman–Crippen LogP) is 2.91. The second-order valence-corrected chi connectivity index (χ2v) is 5.68. The van der Waals surface area contributed by atoms with Gasteiger partial charge in [-0.2, -0.15) is 0 Å². The first-order valence-corrected chi connectivity index (χ1v) is 7.46. The summed E-state index contributed by atoms with van der Waals surface area (Å²) in [6.45, 7) is 2.81. The molecule has 1 aliphatic heterocycles. The Kier molecular flexibility index (Phi) is 8.19. The van der Waals surface area contributed by atoms with Gasteiger partial charge >= 0.3 is 0 Å². The second-order valence-electron chi connectivity index (χ2n) is 4.86. The van der Waals surface area contributed by atoms with Crippen molar-refractivity contribution in [1.29, 1.82) is 0 Å². The van der Waals surface area contributed by atoms with E-state index in [2.05, 4.69) is 10.6 Å². The van der Waals surface area contributed by atoms with E-state index in [0.29, 0.717) is 28.3 Å². The average molecular weight is 354 g/mol. The van der Waals surface area contributed by atoms with Crippen molar-refractivity contribution in [1.82, 2.24) is 10.6 Å². The number of carbonyl (C=O) groups excluding carboxylic acids is 1. The molecule has 1 aliphatic rings. The van der Waals surface area contributed by atoms with Gasteiger partial charge in [-0.15, -0.1) is 12.4 Å². The number of amides is 1. The molecule has 0 saturated carbocycles. The lowest BCUT2D eigenvalue weighted by Crippen LogP contribution is -2.30. The molecule has 4 nitrogen and oxygen atoms in total. The Morgan fingerprint density at radius 2 is 2.19 bits per heavy atom. The molecule has 1 amide bonds. The summed E-state index contributed by atoms with van der Waals surface area (Å²) in [5, 5.41) is 7.04. The minimum absolute atomic E-state index is 0. The van der Waals surface area contributed by atoms with E-state index >= 15 is 0 Å². The van der Waals surface area contributed by atoms with Gasteiger partial charge in [-0.25, -0.2) is 0 Å². The van der Waals surface area contributed by atoms with Crippen LogP contribution in [0.3, 0.4) is 0 Å². The van der Waals surface area contributed by atoms with Crippen molar-refractivity contribution in [3.63, 3.8) is 0 Å². The van der Waals surface area contributed by atoms with E-state index in [1.807, 2.05) is 0 Å². The first-order valence-electron chi connectivity index (χ1n) is 6.70. The highest BCUT2D eigenvalue weighted by Crippen LogP contribution is 2.26. The summed E-state index contributed by atoms with van der Waals surface area (Å²) in [5.74, 6) is 1.09. The van der Waals surface area contributed by atoms with Gasteiger partial charge in [0.25, 0.3) is 5.91 Å². The van der Waals surface area contributed by atoms with Crippen LogP contribution in [0.5, 0.6) is 5.75 Å². The third kappa shape index (κ3) is 6.30. The minimum Gasteiger partial charge on any atom is -0.484 e. The van der Waals surface area contributed by atoms with Crippen LogP contribution in [0.1, 0.15) is 12.8 Å². The Labute approximate surface area is 140 Å². The SMILES string of the molecule is Cl.O=C(COc1ccc(Cl)c(Cl)c1)NCCC1CCNC1. The van der Waals surface area contributed by atoms with Crippen molar-refractivity contribution in [2.24, 2.45) is 5.92 Å². The molecule has 0 bridgehead atoms. The maximum atomic E-state index is 11.6. The number of carbonyl (C=O) groups is 1. The number of rotatable bonds is 6. The Morgan fingerprint density at radius 3 is 2.86 bits per heavy atom. The molecule has 2 N–H and O–H groups in total. The molecular weight excluding hydrogens is 335 g/mol. The molecule has 1 unspecified atom stereocenters. The summed E-state index contributed by atoms with van der Waals surface area (Å²) >= 11 is 11.7.